The Morgan fingerprint density at radius 3 is 2.57 bits per heavy atom. The fourth-order valence-corrected chi connectivity index (χ4v) is 3.39. The van der Waals surface area contributed by atoms with Crippen molar-refractivity contribution in [2.75, 3.05) is 13.7 Å². The maximum Gasteiger partial charge on any atom is 0.231 e. The fourth-order valence-electron chi connectivity index (χ4n) is 3.39. The minimum Gasteiger partial charge on any atom is -0.497 e. The molecule has 1 aromatic heterocycles. The number of amides is 1. The Balaban J connectivity index is 1.71. The first kappa shape index (κ1) is 15.6. The Bertz CT molecular complexity index is 677. The van der Waals surface area contributed by atoms with E-state index in [9.17, 15) is 4.79 Å². The lowest BCUT2D eigenvalue weighted by molar-refractivity contribution is -0.124. The molecule has 0 unspecified atom stereocenters. The van der Waals surface area contributed by atoms with Gasteiger partial charge in [0.2, 0.25) is 5.91 Å². The molecular formula is C18H23N3O2. The zero-order chi connectivity index (χ0) is 16.5. The van der Waals surface area contributed by atoms with Crippen molar-refractivity contribution in [3.63, 3.8) is 0 Å². The van der Waals surface area contributed by atoms with Crippen LogP contribution in [-0.4, -0.2) is 29.5 Å². The first-order valence-corrected chi connectivity index (χ1v) is 7.90. The van der Waals surface area contributed by atoms with Crippen molar-refractivity contribution in [3.8, 4) is 5.75 Å². The van der Waals surface area contributed by atoms with Gasteiger partial charge in [0.05, 0.1) is 18.9 Å². The van der Waals surface area contributed by atoms with Crippen molar-refractivity contribution in [2.24, 2.45) is 5.41 Å². The summed E-state index contributed by atoms with van der Waals surface area (Å²) in [5, 5.41) is 3.09. The first-order chi connectivity index (χ1) is 11.0. The van der Waals surface area contributed by atoms with Gasteiger partial charge in [0.15, 0.2) is 0 Å². The van der Waals surface area contributed by atoms with Crippen LogP contribution in [0.3, 0.4) is 0 Å². The van der Waals surface area contributed by atoms with Crippen LogP contribution < -0.4 is 10.1 Å². The standard InChI is InChI=1S/C18H23N3O2/c1-17(2)11-18(17,13-4-6-15(23-3)7-5-13)16(22)20-9-8-14-10-19-12-21-14/h4-7,10,12H,8-9,11H2,1-3H3,(H,19,21)(H,20,22)/t18-/m1/s1. The third kappa shape index (κ3) is 2.71. The smallest absolute Gasteiger partial charge is 0.231 e. The summed E-state index contributed by atoms with van der Waals surface area (Å²) in [5.74, 6) is 0.911. The van der Waals surface area contributed by atoms with Crippen molar-refractivity contribution in [2.45, 2.75) is 32.1 Å². The van der Waals surface area contributed by atoms with E-state index in [4.69, 9.17) is 4.74 Å². The topological polar surface area (TPSA) is 67.0 Å². The predicted octanol–water partition coefficient (Wildman–Crippen LogP) is 2.44. The number of nitrogens with zero attached hydrogens (tertiary/aromatic N) is 1. The molecule has 1 aliphatic carbocycles. The highest BCUT2D eigenvalue weighted by Gasteiger charge is 2.66. The van der Waals surface area contributed by atoms with Gasteiger partial charge >= 0.3 is 0 Å². The number of nitrogens with one attached hydrogen (secondary N) is 2. The molecule has 2 N–H and O–H groups in total. The SMILES string of the molecule is COc1ccc([C@@]2(C(=O)NCCc3cnc[nH]3)CC2(C)C)cc1. The van der Waals surface area contributed by atoms with Gasteiger partial charge in [0.1, 0.15) is 5.75 Å². The number of benzene rings is 1. The average molecular weight is 313 g/mol. The molecule has 0 radical (unpaired) electrons. The number of carbonyl (C=O) groups is 1. The molecule has 0 bridgehead atoms. The van der Waals surface area contributed by atoms with Crippen molar-refractivity contribution in [1.82, 2.24) is 15.3 Å². The van der Waals surface area contributed by atoms with E-state index in [0.29, 0.717) is 6.54 Å². The van der Waals surface area contributed by atoms with E-state index >= 15 is 0 Å². The Labute approximate surface area is 136 Å². The summed E-state index contributed by atoms with van der Waals surface area (Å²) in [6.07, 6.45) is 5.06. The van der Waals surface area contributed by atoms with Gasteiger partial charge < -0.3 is 15.0 Å². The molecule has 1 heterocycles. The van der Waals surface area contributed by atoms with Gasteiger partial charge in [-0.05, 0) is 29.5 Å². The van der Waals surface area contributed by atoms with Crippen LogP contribution in [-0.2, 0) is 16.6 Å². The number of aromatic amines is 1. The van der Waals surface area contributed by atoms with Crippen LogP contribution in [0, 0.1) is 5.41 Å². The second-order valence-corrected chi connectivity index (χ2v) is 6.78. The zero-order valence-electron chi connectivity index (χ0n) is 13.8. The Morgan fingerprint density at radius 2 is 2.04 bits per heavy atom. The van der Waals surface area contributed by atoms with Gasteiger partial charge in [-0.3, -0.25) is 4.79 Å². The predicted molar refractivity (Wildman–Crippen MR) is 88.4 cm³/mol. The van der Waals surface area contributed by atoms with Gasteiger partial charge in [-0.2, -0.15) is 0 Å². The number of methoxy groups -OCH3 is 1. The number of H-pyrrole nitrogens is 1. The third-order valence-electron chi connectivity index (χ3n) is 4.94. The van der Waals surface area contributed by atoms with E-state index in [1.807, 2.05) is 24.3 Å². The molecule has 1 fully saturated rings. The van der Waals surface area contributed by atoms with Gasteiger partial charge in [0, 0.05) is 24.9 Å². The monoisotopic (exact) mass is 313 g/mol. The lowest BCUT2D eigenvalue weighted by Gasteiger charge is -2.21. The number of hydrogen-bond acceptors (Lipinski definition) is 3. The van der Waals surface area contributed by atoms with Crippen LogP contribution in [0.1, 0.15) is 31.5 Å². The number of carbonyl (C=O) groups excluding carboxylic acids is 1. The quantitative estimate of drug-likeness (QED) is 0.861. The first-order valence-electron chi connectivity index (χ1n) is 7.90. The molecule has 0 aliphatic heterocycles. The molecule has 1 aliphatic rings. The highest BCUT2D eigenvalue weighted by Crippen LogP contribution is 2.64. The molecule has 1 amide bonds. The second kappa shape index (κ2) is 5.72. The van der Waals surface area contributed by atoms with Crippen molar-refractivity contribution < 1.29 is 9.53 Å². The zero-order valence-corrected chi connectivity index (χ0v) is 13.8. The van der Waals surface area contributed by atoms with Crippen LogP contribution in [0.25, 0.3) is 0 Å². The Hall–Kier alpha value is -2.30. The lowest BCUT2D eigenvalue weighted by Crippen LogP contribution is -2.38. The Kier molecular flexibility index (Phi) is 3.88. The number of aromatic nitrogens is 2. The van der Waals surface area contributed by atoms with E-state index < -0.39 is 5.41 Å². The Morgan fingerprint density at radius 1 is 1.35 bits per heavy atom. The largest absolute Gasteiger partial charge is 0.497 e. The molecule has 23 heavy (non-hydrogen) atoms. The minimum atomic E-state index is -0.437. The summed E-state index contributed by atoms with van der Waals surface area (Å²) >= 11 is 0. The molecular weight excluding hydrogens is 290 g/mol. The molecule has 1 aromatic carbocycles. The van der Waals surface area contributed by atoms with Gasteiger partial charge in [-0.25, -0.2) is 4.98 Å². The summed E-state index contributed by atoms with van der Waals surface area (Å²) in [6, 6.07) is 7.84. The number of rotatable bonds is 6. The van der Waals surface area contributed by atoms with Crippen LogP contribution in [0.5, 0.6) is 5.75 Å². The molecule has 0 saturated heterocycles. The molecule has 0 spiro atoms. The van der Waals surface area contributed by atoms with E-state index in [2.05, 4.69) is 29.1 Å². The summed E-state index contributed by atoms with van der Waals surface area (Å²) in [4.78, 5) is 19.9. The lowest BCUT2D eigenvalue weighted by atomic mass is 9.87. The average Bonchev–Trinajstić information content (AvgIpc) is 2.89. The van der Waals surface area contributed by atoms with Crippen molar-refractivity contribution in [3.05, 3.63) is 48.0 Å². The molecule has 122 valence electrons. The van der Waals surface area contributed by atoms with Gasteiger partial charge in [-0.15, -0.1) is 0 Å². The summed E-state index contributed by atoms with van der Waals surface area (Å²) in [7, 11) is 1.65. The molecule has 3 rings (SSSR count). The second-order valence-electron chi connectivity index (χ2n) is 6.78. The summed E-state index contributed by atoms with van der Waals surface area (Å²) in [6.45, 7) is 4.90. The molecule has 2 aromatic rings. The van der Waals surface area contributed by atoms with Crippen LogP contribution in [0.4, 0.5) is 0 Å². The number of ether oxygens (including phenoxy) is 1. The highest BCUT2D eigenvalue weighted by molar-refractivity contribution is 5.93. The van der Waals surface area contributed by atoms with E-state index in [-0.39, 0.29) is 11.3 Å². The third-order valence-corrected chi connectivity index (χ3v) is 4.94. The van der Waals surface area contributed by atoms with Crippen LogP contribution >= 0.6 is 0 Å². The normalized spacial score (nSPS) is 21.7. The van der Waals surface area contributed by atoms with Crippen LogP contribution in [0.2, 0.25) is 0 Å². The fraction of sp³-hybridized carbons (Fsp3) is 0.444. The van der Waals surface area contributed by atoms with Crippen molar-refractivity contribution in [1.29, 1.82) is 0 Å². The number of hydrogen-bond donors (Lipinski definition) is 2. The summed E-state index contributed by atoms with van der Waals surface area (Å²) < 4.78 is 5.21. The maximum atomic E-state index is 12.9. The van der Waals surface area contributed by atoms with Gasteiger partial charge in [0.25, 0.3) is 0 Å². The van der Waals surface area contributed by atoms with Gasteiger partial charge in [-0.1, -0.05) is 26.0 Å². The molecule has 1 saturated carbocycles. The minimum absolute atomic E-state index is 0.0281. The van der Waals surface area contributed by atoms with Crippen molar-refractivity contribution >= 4 is 5.91 Å². The van der Waals surface area contributed by atoms with Crippen LogP contribution in [0.15, 0.2) is 36.8 Å². The van der Waals surface area contributed by atoms with E-state index in [1.165, 1.54) is 0 Å². The molecule has 5 heteroatoms. The summed E-state index contributed by atoms with van der Waals surface area (Å²) in [5.41, 5.74) is 1.62. The highest BCUT2D eigenvalue weighted by atomic mass is 16.5. The molecule has 5 nitrogen and oxygen atoms in total. The molecule has 1 atom stereocenters. The maximum absolute atomic E-state index is 12.9. The van der Waals surface area contributed by atoms with E-state index in [0.717, 1.165) is 29.8 Å². The van der Waals surface area contributed by atoms with E-state index in [1.54, 1.807) is 19.6 Å². The number of imidazole rings is 1.